The summed E-state index contributed by atoms with van der Waals surface area (Å²) in [5, 5.41) is 12.2. The molecule has 4 fully saturated rings. The van der Waals surface area contributed by atoms with Crippen molar-refractivity contribution in [1.29, 1.82) is 0 Å². The van der Waals surface area contributed by atoms with E-state index in [0.29, 0.717) is 58.6 Å². The lowest BCUT2D eigenvalue weighted by Crippen LogP contribution is -2.43. The van der Waals surface area contributed by atoms with Gasteiger partial charge in [0, 0.05) is 38.0 Å². The Morgan fingerprint density at radius 1 is 1.11 bits per heavy atom. The van der Waals surface area contributed by atoms with Gasteiger partial charge in [-0.05, 0) is 91.9 Å². The molecule has 2 aromatic carbocycles. The minimum atomic E-state index is -0.652. The number of halogens is 2. The maximum absolute atomic E-state index is 16.9. The molecule has 0 amide bonds. The molecule has 1 N–H and O–H groups in total. The smallest absolute Gasteiger partial charge is 0.319 e. The number of rotatable bonds is 6. The molecular weight excluding hydrogens is 576 g/mol. The third-order valence-electron chi connectivity index (χ3n) is 10.7. The van der Waals surface area contributed by atoms with E-state index < -0.39 is 5.82 Å². The minimum absolute atomic E-state index is 0.00139. The van der Waals surface area contributed by atoms with E-state index in [9.17, 15) is 9.50 Å². The number of aromatic hydroxyl groups is 1. The van der Waals surface area contributed by atoms with Gasteiger partial charge in [0.05, 0.1) is 16.5 Å². The van der Waals surface area contributed by atoms with Crippen LogP contribution in [0.3, 0.4) is 0 Å². The van der Waals surface area contributed by atoms with Gasteiger partial charge in [0.1, 0.15) is 35.2 Å². The van der Waals surface area contributed by atoms with Gasteiger partial charge in [-0.2, -0.15) is 9.97 Å². The van der Waals surface area contributed by atoms with Crippen LogP contribution in [0.1, 0.15) is 57.9 Å². The lowest BCUT2D eigenvalue weighted by molar-refractivity contribution is 0.0231. The van der Waals surface area contributed by atoms with E-state index in [2.05, 4.69) is 26.7 Å². The number of hydrogen-bond acceptors (Lipinski definition) is 8. The second-order valence-corrected chi connectivity index (χ2v) is 13.7. The monoisotopic (exact) mass is 615 g/mol. The van der Waals surface area contributed by atoms with Gasteiger partial charge in [-0.25, -0.2) is 8.78 Å². The van der Waals surface area contributed by atoms with E-state index in [-0.39, 0.29) is 39.9 Å². The second kappa shape index (κ2) is 10.7. The number of fused-ring (bicyclic) bond motifs is 3. The van der Waals surface area contributed by atoms with Crippen LogP contribution in [0.15, 0.2) is 30.5 Å². The van der Waals surface area contributed by atoms with Crippen molar-refractivity contribution in [3.63, 3.8) is 0 Å². The Labute approximate surface area is 261 Å². The van der Waals surface area contributed by atoms with Gasteiger partial charge >= 0.3 is 6.01 Å². The molecule has 0 bridgehead atoms. The molecule has 236 valence electrons. The number of aryl methyl sites for hydroxylation is 1. The first-order valence-electron chi connectivity index (χ1n) is 16.4. The number of benzene rings is 2. The largest absolute Gasteiger partial charge is 0.508 e. The maximum Gasteiger partial charge on any atom is 0.319 e. The molecule has 1 spiro atoms. The van der Waals surface area contributed by atoms with Crippen LogP contribution >= 0.6 is 0 Å². The number of nitrogens with zero attached hydrogens (tertiary/aromatic N) is 5. The predicted octanol–water partition coefficient (Wildman–Crippen LogP) is 6.40. The summed E-state index contributed by atoms with van der Waals surface area (Å²) in [7, 11) is 0. The molecule has 0 saturated carbocycles. The number of pyridine rings is 1. The van der Waals surface area contributed by atoms with E-state index in [1.165, 1.54) is 12.1 Å². The molecule has 8 rings (SSSR count). The average molecular weight is 616 g/mol. The van der Waals surface area contributed by atoms with Crippen molar-refractivity contribution in [1.82, 2.24) is 19.9 Å². The van der Waals surface area contributed by atoms with Crippen LogP contribution in [0, 0.1) is 17.6 Å². The van der Waals surface area contributed by atoms with Gasteiger partial charge in [-0.3, -0.25) is 9.88 Å². The summed E-state index contributed by atoms with van der Waals surface area (Å²) in [5.74, 6) is 0.0969. The van der Waals surface area contributed by atoms with Crippen molar-refractivity contribution in [2.24, 2.45) is 5.92 Å². The van der Waals surface area contributed by atoms with Crippen LogP contribution in [-0.2, 0) is 11.2 Å². The van der Waals surface area contributed by atoms with Crippen LogP contribution in [0.5, 0.6) is 11.8 Å². The van der Waals surface area contributed by atoms with Gasteiger partial charge in [0.2, 0.25) is 0 Å². The Hall–Kier alpha value is -3.63. The molecule has 4 aliphatic rings. The zero-order chi connectivity index (χ0) is 30.9. The SMILES string of the molecule is CCc1c(F)ccc2cc(O)cc(-c3ncc4c(N5CCC6(CCCO6)C5)nc(OC[C@@]56CCCN5C[C@H](C)C6)nc4c3F)c12. The highest BCUT2D eigenvalue weighted by atomic mass is 19.1. The Morgan fingerprint density at radius 2 is 2.00 bits per heavy atom. The molecule has 4 aromatic rings. The van der Waals surface area contributed by atoms with E-state index in [0.717, 1.165) is 64.8 Å². The molecule has 3 atom stereocenters. The standard InChI is InChI=1S/C35H39F2N5O3/c1-3-24-27(36)7-6-22-14-23(43)15-25(28(22)24)30-29(37)31-26(17-38-30)32(41-12-10-35(19-41)9-5-13-45-35)40-33(39-31)44-20-34-8-4-11-42(34)18-21(2)16-34/h6-7,14-15,17,21,43H,3-5,8-13,16,18-20H2,1-2H3/t21-,34+,35?/m1/s1. The van der Waals surface area contributed by atoms with Crippen LogP contribution in [0.2, 0.25) is 0 Å². The first-order valence-corrected chi connectivity index (χ1v) is 16.4. The number of ether oxygens (including phenoxy) is 2. The summed E-state index contributed by atoms with van der Waals surface area (Å²) in [6, 6.07) is 6.14. The quantitative estimate of drug-likeness (QED) is 0.267. The van der Waals surface area contributed by atoms with E-state index >= 15 is 4.39 Å². The number of anilines is 1. The van der Waals surface area contributed by atoms with Crippen LogP contribution in [0.25, 0.3) is 32.9 Å². The van der Waals surface area contributed by atoms with E-state index in [1.54, 1.807) is 18.3 Å². The molecule has 0 radical (unpaired) electrons. The second-order valence-electron chi connectivity index (χ2n) is 13.7. The highest BCUT2D eigenvalue weighted by Crippen LogP contribution is 2.44. The van der Waals surface area contributed by atoms with Crippen LogP contribution < -0.4 is 9.64 Å². The summed E-state index contributed by atoms with van der Waals surface area (Å²) in [5.41, 5.74) is 0.608. The Bertz CT molecular complexity index is 1810. The Balaban J connectivity index is 1.26. The van der Waals surface area contributed by atoms with Gasteiger partial charge < -0.3 is 19.5 Å². The maximum atomic E-state index is 16.9. The Kier molecular flexibility index (Phi) is 6.87. The van der Waals surface area contributed by atoms with Crippen molar-refractivity contribution < 1.29 is 23.4 Å². The topological polar surface area (TPSA) is 83.8 Å². The predicted molar refractivity (Wildman–Crippen MR) is 169 cm³/mol. The molecule has 1 unspecified atom stereocenters. The number of phenols is 1. The van der Waals surface area contributed by atoms with Crippen LogP contribution in [-0.4, -0.2) is 75.5 Å². The first-order chi connectivity index (χ1) is 21.8. The average Bonchev–Trinajstić information content (AvgIpc) is 3.81. The third kappa shape index (κ3) is 4.71. The summed E-state index contributed by atoms with van der Waals surface area (Å²) in [6.07, 6.45) is 8.15. The van der Waals surface area contributed by atoms with Crippen molar-refractivity contribution in [2.75, 3.05) is 44.3 Å². The molecular formula is C35H39F2N5O3. The minimum Gasteiger partial charge on any atom is -0.508 e. The van der Waals surface area contributed by atoms with Gasteiger partial charge in [-0.15, -0.1) is 0 Å². The summed E-state index contributed by atoms with van der Waals surface area (Å²) < 4.78 is 44.4. The number of hydrogen-bond donors (Lipinski definition) is 1. The van der Waals surface area contributed by atoms with Crippen molar-refractivity contribution in [3.05, 3.63) is 47.7 Å². The van der Waals surface area contributed by atoms with Crippen molar-refractivity contribution >= 4 is 27.5 Å². The van der Waals surface area contributed by atoms with Gasteiger partial charge in [-0.1, -0.05) is 19.9 Å². The highest BCUT2D eigenvalue weighted by molar-refractivity contribution is 6.01. The van der Waals surface area contributed by atoms with Crippen LogP contribution in [0.4, 0.5) is 14.6 Å². The van der Waals surface area contributed by atoms with Crippen molar-refractivity contribution in [3.8, 4) is 23.0 Å². The Morgan fingerprint density at radius 3 is 2.82 bits per heavy atom. The number of aromatic nitrogens is 3. The highest BCUT2D eigenvalue weighted by Gasteiger charge is 2.48. The van der Waals surface area contributed by atoms with Gasteiger partial charge in [0.25, 0.3) is 0 Å². The lowest BCUT2D eigenvalue weighted by atomic mass is 9.92. The third-order valence-corrected chi connectivity index (χ3v) is 10.7. The fourth-order valence-electron chi connectivity index (χ4n) is 8.67. The fraction of sp³-hybridized carbons (Fsp3) is 0.514. The normalized spacial score (nSPS) is 26.6. The molecule has 0 aliphatic carbocycles. The summed E-state index contributed by atoms with van der Waals surface area (Å²) >= 11 is 0. The molecule has 6 heterocycles. The number of phenolic OH excluding ortho intramolecular Hbond substituents is 1. The zero-order valence-electron chi connectivity index (χ0n) is 25.9. The van der Waals surface area contributed by atoms with Crippen molar-refractivity contribution in [2.45, 2.75) is 69.9 Å². The lowest BCUT2D eigenvalue weighted by Gasteiger charge is -2.31. The zero-order valence-corrected chi connectivity index (χ0v) is 25.9. The molecule has 45 heavy (non-hydrogen) atoms. The van der Waals surface area contributed by atoms with E-state index in [1.807, 2.05) is 6.92 Å². The molecule has 4 saturated heterocycles. The fourth-order valence-corrected chi connectivity index (χ4v) is 8.67. The molecule has 2 aromatic heterocycles. The van der Waals surface area contributed by atoms with Gasteiger partial charge in [0.15, 0.2) is 5.82 Å². The van der Waals surface area contributed by atoms with E-state index in [4.69, 9.17) is 14.5 Å². The molecule has 4 aliphatic heterocycles. The summed E-state index contributed by atoms with van der Waals surface area (Å²) in [6.45, 7) is 8.85. The summed E-state index contributed by atoms with van der Waals surface area (Å²) in [4.78, 5) is 18.8. The first kappa shape index (κ1) is 28.8. The molecule has 10 heteroatoms. The molecule has 8 nitrogen and oxygen atoms in total.